The quantitative estimate of drug-likeness (QED) is 0.239. The molecule has 0 aliphatic carbocycles. The molecule has 0 aliphatic heterocycles. The highest BCUT2D eigenvalue weighted by Gasteiger charge is 2.20. The van der Waals surface area contributed by atoms with Gasteiger partial charge in [0.1, 0.15) is 6.61 Å². The lowest BCUT2D eigenvalue weighted by Gasteiger charge is -2.10. The first-order valence-electron chi connectivity index (χ1n) is 3.99. The van der Waals surface area contributed by atoms with E-state index >= 15 is 0 Å². The summed E-state index contributed by atoms with van der Waals surface area (Å²) in [5, 5.41) is 0.423. The van der Waals surface area contributed by atoms with Crippen LogP contribution in [-0.4, -0.2) is 36.0 Å². The minimum atomic E-state index is -4.02. The zero-order valence-electron chi connectivity index (χ0n) is 7.93. The standard InChI is InChI=1S/C7H12BrO6P/c1-2-7(9)12-5-6-14-15(10,11)13-4-3-8/h2H,1,3-6H2,(H,10,11). The number of hydrogen-bond donors (Lipinski definition) is 1. The lowest BCUT2D eigenvalue weighted by Crippen LogP contribution is -2.08. The summed E-state index contributed by atoms with van der Waals surface area (Å²) in [5.41, 5.74) is 0. The highest BCUT2D eigenvalue weighted by Crippen LogP contribution is 2.42. The smallest absolute Gasteiger partial charge is 0.460 e. The minimum Gasteiger partial charge on any atom is -0.460 e. The van der Waals surface area contributed by atoms with E-state index in [0.29, 0.717) is 5.33 Å². The molecular weight excluding hydrogens is 291 g/mol. The van der Waals surface area contributed by atoms with Crippen molar-refractivity contribution in [1.82, 2.24) is 0 Å². The molecule has 1 N–H and O–H groups in total. The van der Waals surface area contributed by atoms with E-state index < -0.39 is 13.8 Å². The Bertz CT molecular complexity index is 256. The van der Waals surface area contributed by atoms with Gasteiger partial charge in [-0.15, -0.1) is 0 Å². The predicted octanol–water partition coefficient (Wildman–Crippen LogP) is 1.24. The van der Waals surface area contributed by atoms with Gasteiger partial charge in [-0.1, -0.05) is 22.5 Å². The largest absolute Gasteiger partial charge is 0.472 e. The van der Waals surface area contributed by atoms with Gasteiger partial charge in [0.05, 0.1) is 13.2 Å². The molecule has 15 heavy (non-hydrogen) atoms. The number of rotatable bonds is 8. The van der Waals surface area contributed by atoms with Crippen molar-refractivity contribution < 1.29 is 28.0 Å². The molecule has 0 aromatic rings. The van der Waals surface area contributed by atoms with Crippen LogP contribution >= 0.6 is 23.8 Å². The van der Waals surface area contributed by atoms with Crippen molar-refractivity contribution >= 4 is 29.7 Å². The van der Waals surface area contributed by atoms with Gasteiger partial charge in [0.25, 0.3) is 0 Å². The summed E-state index contributed by atoms with van der Waals surface area (Å²) in [6, 6.07) is 0. The van der Waals surface area contributed by atoms with E-state index in [9.17, 15) is 9.36 Å². The molecule has 0 aromatic heterocycles. The van der Waals surface area contributed by atoms with Crippen molar-refractivity contribution in [2.45, 2.75) is 0 Å². The summed E-state index contributed by atoms with van der Waals surface area (Å²) in [6.07, 6.45) is 0.986. The van der Waals surface area contributed by atoms with Crippen LogP contribution in [0, 0.1) is 0 Å². The van der Waals surface area contributed by atoms with Crippen LogP contribution in [-0.2, 0) is 23.1 Å². The fourth-order valence-electron chi connectivity index (χ4n) is 0.541. The summed E-state index contributed by atoms with van der Waals surface area (Å²) in [6.45, 7) is 2.89. The number of phosphoric acid groups is 1. The second-order valence-electron chi connectivity index (χ2n) is 2.20. The van der Waals surface area contributed by atoms with Crippen molar-refractivity contribution in [2.24, 2.45) is 0 Å². The van der Waals surface area contributed by atoms with Crippen molar-refractivity contribution in [3.8, 4) is 0 Å². The Hall–Kier alpha value is -0.200. The Morgan fingerprint density at radius 2 is 2.00 bits per heavy atom. The molecule has 1 unspecified atom stereocenters. The summed E-state index contributed by atoms with van der Waals surface area (Å²) < 4.78 is 24.5. The maximum Gasteiger partial charge on any atom is 0.472 e. The Kier molecular flexibility index (Phi) is 7.90. The highest BCUT2D eigenvalue weighted by atomic mass is 79.9. The maximum absolute atomic E-state index is 11.0. The third kappa shape index (κ3) is 8.77. The third-order valence-corrected chi connectivity index (χ3v) is 2.42. The van der Waals surface area contributed by atoms with Crippen LogP contribution in [0.1, 0.15) is 0 Å². The fourth-order valence-corrected chi connectivity index (χ4v) is 1.65. The summed E-state index contributed by atoms with van der Waals surface area (Å²) in [7, 11) is -4.02. The summed E-state index contributed by atoms with van der Waals surface area (Å²) in [4.78, 5) is 19.5. The van der Waals surface area contributed by atoms with Crippen LogP contribution in [0.2, 0.25) is 0 Å². The van der Waals surface area contributed by atoms with Crippen LogP contribution < -0.4 is 0 Å². The Balaban J connectivity index is 3.61. The predicted molar refractivity (Wildman–Crippen MR) is 56.7 cm³/mol. The molecule has 1 atom stereocenters. The molecule has 0 heterocycles. The second kappa shape index (κ2) is 8.01. The highest BCUT2D eigenvalue weighted by molar-refractivity contribution is 9.09. The lowest BCUT2D eigenvalue weighted by molar-refractivity contribution is -0.138. The molecule has 0 bridgehead atoms. The second-order valence-corrected chi connectivity index (χ2v) is 4.44. The molecule has 0 rings (SSSR count). The lowest BCUT2D eigenvalue weighted by atomic mass is 10.6. The Labute approximate surface area is 96.0 Å². The number of carbonyl (C=O) groups is 1. The van der Waals surface area contributed by atoms with E-state index in [1.165, 1.54) is 0 Å². The number of hydrogen-bond acceptors (Lipinski definition) is 5. The number of carbonyl (C=O) groups excluding carboxylic acids is 1. The molecule has 0 amide bonds. The Morgan fingerprint density at radius 1 is 1.40 bits per heavy atom. The van der Waals surface area contributed by atoms with E-state index in [-0.39, 0.29) is 19.8 Å². The van der Waals surface area contributed by atoms with E-state index in [1.54, 1.807) is 0 Å². The van der Waals surface area contributed by atoms with Crippen molar-refractivity contribution in [2.75, 3.05) is 25.2 Å². The normalized spacial score (nSPS) is 14.3. The maximum atomic E-state index is 11.0. The van der Waals surface area contributed by atoms with Crippen molar-refractivity contribution in [3.63, 3.8) is 0 Å². The van der Waals surface area contributed by atoms with Gasteiger partial charge in [-0.3, -0.25) is 9.05 Å². The van der Waals surface area contributed by atoms with Gasteiger partial charge in [0.2, 0.25) is 0 Å². The van der Waals surface area contributed by atoms with E-state index in [1.807, 2.05) is 0 Å². The van der Waals surface area contributed by atoms with Gasteiger partial charge < -0.3 is 9.63 Å². The molecular formula is C7H12BrO6P. The van der Waals surface area contributed by atoms with Gasteiger partial charge in [-0.25, -0.2) is 9.36 Å². The Morgan fingerprint density at radius 3 is 2.53 bits per heavy atom. The number of halogens is 1. The van der Waals surface area contributed by atoms with E-state index in [0.717, 1.165) is 6.08 Å². The van der Waals surface area contributed by atoms with Crippen LogP contribution in [0.4, 0.5) is 0 Å². The number of phosphoric ester groups is 1. The number of alkyl halides is 1. The molecule has 0 aliphatic rings. The van der Waals surface area contributed by atoms with Gasteiger partial charge in [-0.05, 0) is 0 Å². The van der Waals surface area contributed by atoms with E-state index in [4.69, 9.17) is 4.89 Å². The van der Waals surface area contributed by atoms with Crippen LogP contribution in [0.25, 0.3) is 0 Å². The van der Waals surface area contributed by atoms with Gasteiger partial charge in [-0.2, -0.15) is 0 Å². The first-order chi connectivity index (χ1) is 7.02. The third-order valence-electron chi connectivity index (χ3n) is 1.08. The van der Waals surface area contributed by atoms with Gasteiger partial charge in [0.15, 0.2) is 0 Å². The number of esters is 1. The molecule has 6 nitrogen and oxygen atoms in total. The first kappa shape index (κ1) is 14.8. The van der Waals surface area contributed by atoms with Crippen LogP contribution in [0.15, 0.2) is 12.7 Å². The first-order valence-corrected chi connectivity index (χ1v) is 6.60. The van der Waals surface area contributed by atoms with Gasteiger partial charge in [0, 0.05) is 11.4 Å². The average Bonchev–Trinajstić information content (AvgIpc) is 2.21. The zero-order chi connectivity index (χ0) is 11.7. The molecule has 0 saturated carbocycles. The summed E-state index contributed by atoms with van der Waals surface area (Å²) in [5.74, 6) is -0.618. The average molecular weight is 303 g/mol. The molecule has 0 aromatic carbocycles. The minimum absolute atomic E-state index is 0.0558. The van der Waals surface area contributed by atoms with E-state index in [2.05, 4.69) is 36.3 Å². The summed E-state index contributed by atoms with van der Waals surface area (Å²) >= 11 is 3.02. The van der Waals surface area contributed by atoms with Crippen molar-refractivity contribution in [1.29, 1.82) is 0 Å². The molecule has 8 heteroatoms. The van der Waals surface area contributed by atoms with Crippen molar-refractivity contribution in [3.05, 3.63) is 12.7 Å². The van der Waals surface area contributed by atoms with Crippen LogP contribution in [0.5, 0.6) is 0 Å². The topological polar surface area (TPSA) is 82.1 Å². The fraction of sp³-hybridized carbons (Fsp3) is 0.571. The zero-order valence-corrected chi connectivity index (χ0v) is 10.4. The molecule has 0 spiro atoms. The molecule has 88 valence electrons. The van der Waals surface area contributed by atoms with Gasteiger partial charge >= 0.3 is 13.8 Å². The number of ether oxygens (including phenoxy) is 1. The van der Waals surface area contributed by atoms with Crippen LogP contribution in [0.3, 0.4) is 0 Å². The molecule has 0 saturated heterocycles. The molecule has 0 radical (unpaired) electrons. The molecule has 0 fully saturated rings. The monoisotopic (exact) mass is 302 g/mol. The SMILES string of the molecule is C=CC(=O)OCCOP(=O)(O)OCCBr.